The van der Waals surface area contributed by atoms with E-state index in [1.165, 1.54) is 0 Å². The van der Waals surface area contributed by atoms with Crippen molar-refractivity contribution in [2.75, 3.05) is 33.2 Å². The van der Waals surface area contributed by atoms with E-state index in [0.29, 0.717) is 22.4 Å². The van der Waals surface area contributed by atoms with Crippen LogP contribution in [0.25, 0.3) is 27.9 Å². The van der Waals surface area contributed by atoms with Gasteiger partial charge in [-0.05, 0) is 25.2 Å². The number of likely N-dealkylation sites (N-methyl/N-ethyl adjacent to an activating group) is 1. The zero-order chi connectivity index (χ0) is 20.0. The highest BCUT2D eigenvalue weighted by Crippen LogP contribution is 2.23. The molecular weight excluding hydrogens is 366 g/mol. The van der Waals surface area contributed by atoms with Gasteiger partial charge in [0.2, 0.25) is 0 Å². The van der Waals surface area contributed by atoms with Gasteiger partial charge in [-0.15, -0.1) is 0 Å². The summed E-state index contributed by atoms with van der Waals surface area (Å²) in [5.74, 6) is 0.696. The summed E-state index contributed by atoms with van der Waals surface area (Å²) in [5, 5.41) is 0. The van der Waals surface area contributed by atoms with Crippen molar-refractivity contribution in [2.45, 2.75) is 0 Å². The lowest BCUT2D eigenvalue weighted by Gasteiger charge is -2.32. The van der Waals surface area contributed by atoms with Gasteiger partial charge in [-0.1, -0.05) is 30.3 Å². The second-order valence-electron chi connectivity index (χ2n) is 7.45. The van der Waals surface area contributed by atoms with Crippen molar-refractivity contribution in [2.24, 2.45) is 0 Å². The predicted molar refractivity (Wildman–Crippen MR) is 112 cm³/mol. The summed E-state index contributed by atoms with van der Waals surface area (Å²) in [7, 11) is 2.06. The Balaban J connectivity index is 1.67. The van der Waals surface area contributed by atoms with Gasteiger partial charge in [0.1, 0.15) is 11.3 Å². The Morgan fingerprint density at radius 2 is 1.76 bits per heavy atom. The second kappa shape index (κ2) is 6.86. The van der Waals surface area contributed by atoms with Gasteiger partial charge in [-0.25, -0.2) is 4.98 Å². The zero-order valence-corrected chi connectivity index (χ0v) is 16.1. The van der Waals surface area contributed by atoms with Crippen LogP contribution in [0.3, 0.4) is 0 Å². The molecule has 4 aromatic rings. The van der Waals surface area contributed by atoms with Crippen LogP contribution >= 0.6 is 0 Å². The van der Waals surface area contributed by atoms with Crippen LogP contribution < -0.4 is 5.56 Å². The maximum absolute atomic E-state index is 13.1. The van der Waals surface area contributed by atoms with E-state index in [4.69, 9.17) is 0 Å². The van der Waals surface area contributed by atoms with Crippen LogP contribution in [0.5, 0.6) is 0 Å². The maximum atomic E-state index is 13.1. The number of hydrogen-bond acceptors (Lipinski definition) is 4. The number of carbonyl (C=O) groups is 1. The number of nitrogens with one attached hydrogen (secondary N) is 1. The largest absolute Gasteiger partial charge is 0.336 e. The molecule has 0 spiro atoms. The lowest BCUT2D eigenvalue weighted by atomic mass is 10.1. The van der Waals surface area contributed by atoms with Gasteiger partial charge in [0.25, 0.3) is 11.5 Å². The molecule has 2 aromatic carbocycles. The Hall–Kier alpha value is -3.45. The van der Waals surface area contributed by atoms with E-state index in [1.807, 2.05) is 45.7 Å². The molecule has 146 valence electrons. The first kappa shape index (κ1) is 17.6. The van der Waals surface area contributed by atoms with Crippen molar-refractivity contribution in [3.8, 4) is 11.4 Å². The molecule has 1 N–H and O–H groups in total. The van der Waals surface area contributed by atoms with E-state index in [0.717, 1.165) is 37.3 Å². The predicted octanol–water partition coefficient (Wildman–Crippen LogP) is 2.23. The Bertz CT molecular complexity index is 1270. The molecule has 1 amide bonds. The van der Waals surface area contributed by atoms with E-state index in [2.05, 4.69) is 21.9 Å². The van der Waals surface area contributed by atoms with E-state index in [-0.39, 0.29) is 11.5 Å². The molecule has 0 unspecified atom stereocenters. The first-order chi connectivity index (χ1) is 14.1. The number of aromatic amines is 1. The van der Waals surface area contributed by atoms with Crippen molar-refractivity contribution >= 4 is 22.5 Å². The molecule has 2 aromatic heterocycles. The van der Waals surface area contributed by atoms with Gasteiger partial charge in [0, 0.05) is 37.3 Å². The van der Waals surface area contributed by atoms with Crippen LogP contribution in [-0.2, 0) is 0 Å². The highest BCUT2D eigenvalue weighted by atomic mass is 16.2. The molecule has 0 radical (unpaired) electrons. The van der Waals surface area contributed by atoms with Gasteiger partial charge < -0.3 is 14.8 Å². The third-order valence-corrected chi connectivity index (χ3v) is 5.55. The SMILES string of the molecule is CN1CCN(C(=O)c2ccc3[nH]c(=O)c4cnc(-c5ccccc5)n4c3c2)CC1. The maximum Gasteiger partial charge on any atom is 0.274 e. The number of amides is 1. The summed E-state index contributed by atoms with van der Waals surface area (Å²) in [6.07, 6.45) is 1.58. The van der Waals surface area contributed by atoms with Crippen LogP contribution in [0.2, 0.25) is 0 Å². The first-order valence-electron chi connectivity index (χ1n) is 9.68. The normalized spacial score (nSPS) is 15.3. The minimum atomic E-state index is -0.203. The molecular formula is C22H21N5O2. The molecule has 29 heavy (non-hydrogen) atoms. The fraction of sp³-hybridized carbons (Fsp3) is 0.227. The monoisotopic (exact) mass is 387 g/mol. The number of imidazole rings is 1. The topological polar surface area (TPSA) is 73.7 Å². The molecule has 1 aliphatic heterocycles. The number of fused-ring (bicyclic) bond motifs is 3. The van der Waals surface area contributed by atoms with Crippen LogP contribution in [0.15, 0.2) is 59.5 Å². The van der Waals surface area contributed by atoms with Crippen molar-refractivity contribution in [3.63, 3.8) is 0 Å². The summed E-state index contributed by atoms with van der Waals surface area (Å²) in [4.78, 5) is 37.1. The third-order valence-electron chi connectivity index (χ3n) is 5.55. The van der Waals surface area contributed by atoms with Crippen LogP contribution in [-0.4, -0.2) is 63.3 Å². The summed E-state index contributed by atoms with van der Waals surface area (Å²) >= 11 is 0. The third kappa shape index (κ3) is 3.00. The van der Waals surface area contributed by atoms with Gasteiger partial charge in [0.05, 0.1) is 17.2 Å². The quantitative estimate of drug-likeness (QED) is 0.572. The van der Waals surface area contributed by atoms with Crippen molar-refractivity contribution < 1.29 is 4.79 Å². The molecule has 5 rings (SSSR count). The molecule has 7 nitrogen and oxygen atoms in total. The van der Waals surface area contributed by atoms with E-state index in [9.17, 15) is 9.59 Å². The lowest BCUT2D eigenvalue weighted by Crippen LogP contribution is -2.47. The van der Waals surface area contributed by atoms with E-state index >= 15 is 0 Å². The number of benzene rings is 2. The Kier molecular flexibility index (Phi) is 4.17. The van der Waals surface area contributed by atoms with Crippen LogP contribution in [0, 0.1) is 0 Å². The molecule has 3 heterocycles. The fourth-order valence-electron chi connectivity index (χ4n) is 3.88. The number of carbonyl (C=O) groups excluding carboxylic acids is 1. The minimum absolute atomic E-state index is 0.0146. The standard InChI is InChI=1S/C22H21N5O2/c1-25-9-11-26(12-10-25)22(29)16-7-8-17-18(13-16)27-19(21(28)24-17)14-23-20(27)15-5-3-2-4-6-15/h2-8,13-14H,9-12H2,1H3,(H,24,28). The molecule has 0 atom stereocenters. The van der Waals surface area contributed by atoms with Gasteiger partial charge >= 0.3 is 0 Å². The van der Waals surface area contributed by atoms with E-state index < -0.39 is 0 Å². The highest BCUT2D eigenvalue weighted by molar-refractivity contribution is 5.98. The fourth-order valence-corrected chi connectivity index (χ4v) is 3.88. The Labute approximate surface area is 167 Å². The van der Waals surface area contributed by atoms with Crippen molar-refractivity contribution in [1.82, 2.24) is 24.2 Å². The molecule has 0 saturated carbocycles. The molecule has 7 heteroatoms. The van der Waals surface area contributed by atoms with Crippen LogP contribution in [0.1, 0.15) is 10.4 Å². The summed E-state index contributed by atoms with van der Waals surface area (Å²) in [6.45, 7) is 3.18. The van der Waals surface area contributed by atoms with Crippen molar-refractivity contribution in [3.05, 3.63) is 70.6 Å². The molecule has 0 aliphatic carbocycles. The second-order valence-corrected chi connectivity index (χ2v) is 7.45. The average Bonchev–Trinajstić information content (AvgIpc) is 3.20. The molecule has 1 saturated heterocycles. The van der Waals surface area contributed by atoms with Gasteiger partial charge in [0.15, 0.2) is 0 Å². The van der Waals surface area contributed by atoms with Gasteiger partial charge in [-0.3, -0.25) is 14.0 Å². The first-order valence-corrected chi connectivity index (χ1v) is 9.68. The summed E-state index contributed by atoms with van der Waals surface area (Å²) < 4.78 is 1.84. The molecule has 0 bridgehead atoms. The lowest BCUT2D eigenvalue weighted by molar-refractivity contribution is 0.0664. The zero-order valence-electron chi connectivity index (χ0n) is 16.1. The summed E-state index contributed by atoms with van der Waals surface area (Å²) in [6, 6.07) is 15.2. The van der Waals surface area contributed by atoms with Gasteiger partial charge in [-0.2, -0.15) is 0 Å². The highest BCUT2D eigenvalue weighted by Gasteiger charge is 2.21. The van der Waals surface area contributed by atoms with E-state index in [1.54, 1.807) is 18.3 Å². The number of piperazine rings is 1. The average molecular weight is 387 g/mol. The molecule has 1 fully saturated rings. The number of rotatable bonds is 2. The van der Waals surface area contributed by atoms with Crippen LogP contribution in [0.4, 0.5) is 0 Å². The number of H-pyrrole nitrogens is 1. The summed E-state index contributed by atoms with van der Waals surface area (Å²) in [5.41, 5.74) is 3.22. The number of nitrogens with zero attached hydrogens (tertiary/aromatic N) is 4. The minimum Gasteiger partial charge on any atom is -0.336 e. The molecule has 1 aliphatic rings. The Morgan fingerprint density at radius 1 is 1.00 bits per heavy atom. The number of aromatic nitrogens is 3. The number of hydrogen-bond donors (Lipinski definition) is 1. The van der Waals surface area contributed by atoms with Crippen molar-refractivity contribution in [1.29, 1.82) is 0 Å². The smallest absolute Gasteiger partial charge is 0.274 e. The Morgan fingerprint density at radius 3 is 2.52 bits per heavy atom.